The lowest BCUT2D eigenvalue weighted by molar-refractivity contribution is -0.124. The number of primary amides is 1. The molecule has 1 saturated heterocycles. The molecule has 2 rings (SSSR count). The second-order valence-electron chi connectivity index (χ2n) is 5.62. The second kappa shape index (κ2) is 6.26. The van der Waals surface area contributed by atoms with Gasteiger partial charge in [0.25, 0.3) is 0 Å². The number of likely N-dealkylation sites (tertiary alicyclic amines) is 1. The summed E-state index contributed by atoms with van der Waals surface area (Å²) in [6.07, 6.45) is 1.92. The topological polar surface area (TPSA) is 64.2 Å². The number of nitrogens with zero attached hydrogens (tertiary/aromatic N) is 3. The second-order valence-corrected chi connectivity index (χ2v) is 6.41. The van der Waals surface area contributed by atoms with Gasteiger partial charge in [-0.05, 0) is 49.5 Å². The molecule has 1 fully saturated rings. The van der Waals surface area contributed by atoms with Gasteiger partial charge in [-0.3, -0.25) is 14.4 Å². The first-order valence-electron chi connectivity index (χ1n) is 7.19. The van der Waals surface area contributed by atoms with Crippen LogP contribution in [-0.2, 0) is 17.9 Å². The Balaban J connectivity index is 2.17. The summed E-state index contributed by atoms with van der Waals surface area (Å²) in [5, 5.41) is 4.52. The number of rotatable bonds is 4. The Morgan fingerprint density at radius 2 is 2.20 bits per heavy atom. The molecule has 5 nitrogen and oxygen atoms in total. The van der Waals surface area contributed by atoms with E-state index in [0.29, 0.717) is 6.04 Å². The van der Waals surface area contributed by atoms with Gasteiger partial charge in [-0.25, -0.2) is 0 Å². The quantitative estimate of drug-likeness (QED) is 0.910. The number of carbonyl (C=O) groups is 1. The number of amides is 1. The monoisotopic (exact) mass is 342 g/mol. The molecule has 1 aliphatic heterocycles. The van der Waals surface area contributed by atoms with E-state index in [1.165, 1.54) is 5.69 Å². The molecule has 0 radical (unpaired) electrons. The van der Waals surface area contributed by atoms with Crippen molar-refractivity contribution in [2.75, 3.05) is 6.54 Å². The van der Waals surface area contributed by atoms with Crippen LogP contribution in [0.3, 0.4) is 0 Å². The van der Waals surface area contributed by atoms with E-state index in [2.05, 4.69) is 39.8 Å². The third-order valence-electron chi connectivity index (χ3n) is 4.22. The molecule has 2 N–H and O–H groups in total. The predicted molar refractivity (Wildman–Crippen MR) is 82.1 cm³/mol. The summed E-state index contributed by atoms with van der Waals surface area (Å²) in [6.45, 7) is 8.71. The predicted octanol–water partition coefficient (Wildman–Crippen LogP) is 2.06. The normalized spacial score (nSPS) is 24.0. The number of piperidine rings is 1. The van der Waals surface area contributed by atoms with Crippen LogP contribution in [0, 0.1) is 12.8 Å². The summed E-state index contributed by atoms with van der Waals surface area (Å²) in [6, 6.07) is 0.470. The van der Waals surface area contributed by atoms with Crippen molar-refractivity contribution in [2.24, 2.45) is 11.7 Å². The fourth-order valence-corrected chi connectivity index (χ4v) is 3.25. The van der Waals surface area contributed by atoms with Gasteiger partial charge in [-0.1, -0.05) is 0 Å². The average molecular weight is 343 g/mol. The van der Waals surface area contributed by atoms with Crippen molar-refractivity contribution in [1.82, 2.24) is 14.7 Å². The van der Waals surface area contributed by atoms with Crippen LogP contribution in [0.5, 0.6) is 0 Å². The highest BCUT2D eigenvalue weighted by molar-refractivity contribution is 9.10. The lowest BCUT2D eigenvalue weighted by atomic mass is 9.93. The third kappa shape index (κ3) is 3.06. The Morgan fingerprint density at radius 3 is 2.80 bits per heavy atom. The van der Waals surface area contributed by atoms with Crippen molar-refractivity contribution in [3.8, 4) is 0 Å². The van der Waals surface area contributed by atoms with Crippen LogP contribution in [0.2, 0.25) is 0 Å². The minimum absolute atomic E-state index is 0.0240. The van der Waals surface area contributed by atoms with Gasteiger partial charge < -0.3 is 5.73 Å². The minimum atomic E-state index is -0.179. The molecule has 0 spiro atoms. The van der Waals surface area contributed by atoms with Gasteiger partial charge in [0.2, 0.25) is 5.91 Å². The van der Waals surface area contributed by atoms with Crippen molar-refractivity contribution < 1.29 is 4.79 Å². The smallest absolute Gasteiger partial charge is 0.221 e. The fraction of sp³-hybridized carbons (Fsp3) is 0.714. The molecule has 1 aromatic heterocycles. The molecule has 0 aromatic carbocycles. The number of hydrogen-bond acceptors (Lipinski definition) is 3. The Bertz CT molecular complexity index is 500. The summed E-state index contributed by atoms with van der Waals surface area (Å²) in [5.74, 6) is -0.204. The van der Waals surface area contributed by atoms with Gasteiger partial charge in [0.15, 0.2) is 0 Å². The minimum Gasteiger partial charge on any atom is -0.369 e. The lowest BCUT2D eigenvalue weighted by Gasteiger charge is -2.36. The molecule has 0 saturated carbocycles. The molecule has 1 aliphatic rings. The summed E-state index contributed by atoms with van der Waals surface area (Å²) in [4.78, 5) is 13.8. The maximum atomic E-state index is 11.4. The first-order chi connectivity index (χ1) is 9.43. The largest absolute Gasteiger partial charge is 0.369 e. The summed E-state index contributed by atoms with van der Waals surface area (Å²) in [7, 11) is 0. The highest BCUT2D eigenvalue weighted by atomic mass is 79.9. The molecule has 2 unspecified atom stereocenters. The first kappa shape index (κ1) is 15.5. The van der Waals surface area contributed by atoms with E-state index < -0.39 is 0 Å². The van der Waals surface area contributed by atoms with Crippen LogP contribution in [0.25, 0.3) is 0 Å². The van der Waals surface area contributed by atoms with Crippen LogP contribution in [-0.4, -0.2) is 33.2 Å². The summed E-state index contributed by atoms with van der Waals surface area (Å²) in [5.41, 5.74) is 7.66. The molecule has 112 valence electrons. The lowest BCUT2D eigenvalue weighted by Crippen LogP contribution is -2.45. The molecular weight excluding hydrogens is 320 g/mol. The Labute approximate surface area is 128 Å². The maximum absolute atomic E-state index is 11.4. The fourth-order valence-electron chi connectivity index (χ4n) is 2.84. The zero-order valence-electron chi connectivity index (χ0n) is 12.4. The van der Waals surface area contributed by atoms with Gasteiger partial charge >= 0.3 is 0 Å². The summed E-state index contributed by atoms with van der Waals surface area (Å²) < 4.78 is 3.10. The van der Waals surface area contributed by atoms with Crippen LogP contribution >= 0.6 is 15.9 Å². The number of aryl methyl sites for hydroxylation is 2. The van der Waals surface area contributed by atoms with Gasteiger partial charge in [0.1, 0.15) is 0 Å². The Kier molecular flexibility index (Phi) is 4.86. The highest BCUT2D eigenvalue weighted by Gasteiger charge is 2.29. The van der Waals surface area contributed by atoms with Crippen LogP contribution in [0.1, 0.15) is 38.1 Å². The van der Waals surface area contributed by atoms with Crippen molar-refractivity contribution in [3.05, 3.63) is 15.9 Å². The number of carbonyl (C=O) groups excluding carboxylic acids is 1. The molecular formula is C14H23BrN4O. The van der Waals surface area contributed by atoms with Crippen LogP contribution < -0.4 is 5.73 Å². The zero-order chi connectivity index (χ0) is 14.9. The van der Waals surface area contributed by atoms with Gasteiger partial charge in [0.05, 0.1) is 21.8 Å². The molecule has 1 aromatic rings. The Hall–Kier alpha value is -0.880. The molecule has 0 bridgehead atoms. The van der Waals surface area contributed by atoms with E-state index in [4.69, 9.17) is 5.73 Å². The molecule has 2 atom stereocenters. The first-order valence-corrected chi connectivity index (χ1v) is 7.98. The van der Waals surface area contributed by atoms with E-state index in [1.54, 1.807) is 0 Å². The third-order valence-corrected chi connectivity index (χ3v) is 5.25. The SMILES string of the molecule is CCn1nc(C)c(Br)c1CN1CC(C(N)=O)CCC1C. The van der Waals surface area contributed by atoms with Gasteiger partial charge in [0, 0.05) is 25.7 Å². The van der Waals surface area contributed by atoms with E-state index in [0.717, 1.165) is 42.6 Å². The van der Waals surface area contributed by atoms with E-state index >= 15 is 0 Å². The van der Waals surface area contributed by atoms with E-state index in [9.17, 15) is 4.79 Å². The zero-order valence-corrected chi connectivity index (χ0v) is 14.0. The standard InChI is InChI=1S/C14H23BrN4O/c1-4-19-12(13(15)10(3)17-19)8-18-7-11(14(16)20)6-5-9(18)2/h9,11H,4-8H2,1-3H3,(H2,16,20). The van der Waals surface area contributed by atoms with Crippen molar-refractivity contribution in [2.45, 2.75) is 52.7 Å². The highest BCUT2D eigenvalue weighted by Crippen LogP contribution is 2.27. The number of nitrogens with two attached hydrogens (primary N) is 1. The molecule has 2 heterocycles. The van der Waals surface area contributed by atoms with Crippen LogP contribution in [0.15, 0.2) is 4.47 Å². The molecule has 1 amide bonds. The Morgan fingerprint density at radius 1 is 1.50 bits per heavy atom. The van der Waals surface area contributed by atoms with Crippen molar-refractivity contribution in [1.29, 1.82) is 0 Å². The number of hydrogen-bond donors (Lipinski definition) is 1. The van der Waals surface area contributed by atoms with E-state index in [1.807, 2.05) is 11.6 Å². The molecule has 20 heavy (non-hydrogen) atoms. The van der Waals surface area contributed by atoms with Crippen LogP contribution in [0.4, 0.5) is 0 Å². The van der Waals surface area contributed by atoms with Crippen molar-refractivity contribution in [3.63, 3.8) is 0 Å². The van der Waals surface area contributed by atoms with Gasteiger partial charge in [-0.2, -0.15) is 5.10 Å². The summed E-state index contributed by atoms with van der Waals surface area (Å²) >= 11 is 3.63. The number of halogens is 1. The average Bonchev–Trinajstić information content (AvgIpc) is 2.68. The van der Waals surface area contributed by atoms with E-state index in [-0.39, 0.29) is 11.8 Å². The maximum Gasteiger partial charge on any atom is 0.221 e. The van der Waals surface area contributed by atoms with Gasteiger partial charge in [-0.15, -0.1) is 0 Å². The molecule has 6 heteroatoms. The van der Waals surface area contributed by atoms with Crippen molar-refractivity contribution >= 4 is 21.8 Å². The molecule has 0 aliphatic carbocycles. The number of aromatic nitrogens is 2.